The third-order valence-electron chi connectivity index (χ3n) is 2.54. The minimum absolute atomic E-state index is 0.111. The van der Waals surface area contributed by atoms with Crippen LogP contribution in [-0.4, -0.2) is 20.1 Å². The van der Waals surface area contributed by atoms with Crippen LogP contribution in [0, 0.1) is 0 Å². The second-order valence-electron chi connectivity index (χ2n) is 3.95. The summed E-state index contributed by atoms with van der Waals surface area (Å²) in [6.45, 7) is -0.111. The molecule has 20 heavy (non-hydrogen) atoms. The number of sulfonamides is 1. The van der Waals surface area contributed by atoms with Gasteiger partial charge >= 0.3 is 0 Å². The fraction of sp³-hybridized carbons (Fsp3) is 0.167. The minimum atomic E-state index is -3.65. The van der Waals surface area contributed by atoms with Crippen molar-refractivity contribution in [1.29, 1.82) is 0 Å². The van der Waals surface area contributed by atoms with Crippen molar-refractivity contribution in [3.63, 3.8) is 0 Å². The third kappa shape index (κ3) is 3.81. The summed E-state index contributed by atoms with van der Waals surface area (Å²) in [6, 6.07) is 10.1. The molecule has 1 atom stereocenters. The molecule has 0 radical (unpaired) electrons. The van der Waals surface area contributed by atoms with Gasteiger partial charge < -0.3 is 5.11 Å². The number of benzene rings is 1. The van der Waals surface area contributed by atoms with Gasteiger partial charge in [-0.15, -0.1) is 11.3 Å². The minimum Gasteiger partial charge on any atom is -0.387 e. The highest BCUT2D eigenvalue weighted by atomic mass is 79.9. The molecule has 0 saturated carbocycles. The van der Waals surface area contributed by atoms with Crippen LogP contribution in [0.4, 0.5) is 0 Å². The predicted octanol–water partition coefficient (Wildman–Crippen LogP) is 3.18. The van der Waals surface area contributed by atoms with E-state index in [9.17, 15) is 13.5 Å². The second-order valence-corrected chi connectivity index (χ2v) is 8.51. The maximum Gasteiger partial charge on any atom is 0.250 e. The van der Waals surface area contributed by atoms with E-state index in [2.05, 4.69) is 20.7 Å². The first kappa shape index (κ1) is 15.9. The van der Waals surface area contributed by atoms with Crippen LogP contribution in [-0.2, 0) is 10.0 Å². The Labute approximate surface area is 134 Å². The zero-order chi connectivity index (χ0) is 14.8. The van der Waals surface area contributed by atoms with E-state index >= 15 is 0 Å². The molecule has 0 aliphatic heterocycles. The first-order chi connectivity index (χ1) is 9.40. The summed E-state index contributed by atoms with van der Waals surface area (Å²) < 4.78 is 27.6. The van der Waals surface area contributed by atoms with Gasteiger partial charge in [-0.3, -0.25) is 0 Å². The zero-order valence-corrected chi connectivity index (χ0v) is 14.1. The first-order valence-electron chi connectivity index (χ1n) is 5.57. The SMILES string of the molecule is O=S(=O)(NCC(O)c1ccccc1Br)c1ccc(Cl)s1. The van der Waals surface area contributed by atoms with Crippen LogP contribution in [0.2, 0.25) is 4.34 Å². The molecule has 0 spiro atoms. The molecule has 1 heterocycles. The van der Waals surface area contributed by atoms with Crippen molar-refractivity contribution < 1.29 is 13.5 Å². The molecule has 2 rings (SSSR count). The number of rotatable bonds is 5. The van der Waals surface area contributed by atoms with Gasteiger partial charge in [0.2, 0.25) is 10.0 Å². The first-order valence-corrected chi connectivity index (χ1v) is 9.05. The average molecular weight is 397 g/mol. The second kappa shape index (κ2) is 6.55. The lowest BCUT2D eigenvalue weighted by Gasteiger charge is -2.13. The van der Waals surface area contributed by atoms with Crippen molar-refractivity contribution in [2.45, 2.75) is 10.3 Å². The van der Waals surface area contributed by atoms with Gasteiger partial charge in [-0.2, -0.15) is 0 Å². The van der Waals surface area contributed by atoms with Crippen LogP contribution in [0.15, 0.2) is 45.1 Å². The Balaban J connectivity index is 2.07. The highest BCUT2D eigenvalue weighted by Gasteiger charge is 2.19. The van der Waals surface area contributed by atoms with Crippen LogP contribution in [0.25, 0.3) is 0 Å². The van der Waals surface area contributed by atoms with Crippen LogP contribution < -0.4 is 4.72 Å². The van der Waals surface area contributed by atoms with Gasteiger partial charge in [0.15, 0.2) is 0 Å². The Morgan fingerprint density at radius 1 is 1.30 bits per heavy atom. The van der Waals surface area contributed by atoms with Gasteiger partial charge in [0, 0.05) is 11.0 Å². The van der Waals surface area contributed by atoms with E-state index < -0.39 is 16.1 Å². The Bertz CT molecular complexity index is 702. The van der Waals surface area contributed by atoms with Gasteiger partial charge in [-0.05, 0) is 23.8 Å². The monoisotopic (exact) mass is 395 g/mol. The summed E-state index contributed by atoms with van der Waals surface area (Å²) >= 11 is 10.00. The molecular formula is C12H11BrClNO3S2. The van der Waals surface area contributed by atoms with Crippen LogP contribution in [0.5, 0.6) is 0 Å². The van der Waals surface area contributed by atoms with Crippen molar-refractivity contribution in [3.05, 3.63) is 50.8 Å². The standard InChI is InChI=1S/C12H11BrClNO3S2/c13-9-4-2-1-3-8(9)10(16)7-15-20(17,18)12-6-5-11(14)19-12/h1-6,10,15-16H,7H2. The molecule has 0 aliphatic carbocycles. The van der Waals surface area contributed by atoms with Crippen molar-refractivity contribution in [2.24, 2.45) is 0 Å². The van der Waals surface area contributed by atoms with Gasteiger partial charge in [-0.25, -0.2) is 13.1 Å². The number of aliphatic hydroxyl groups excluding tert-OH is 1. The average Bonchev–Trinajstić information content (AvgIpc) is 2.84. The highest BCUT2D eigenvalue weighted by molar-refractivity contribution is 9.10. The summed E-state index contributed by atoms with van der Waals surface area (Å²) in [6.07, 6.45) is -0.934. The van der Waals surface area contributed by atoms with E-state index in [4.69, 9.17) is 11.6 Å². The number of nitrogens with one attached hydrogen (secondary N) is 1. The van der Waals surface area contributed by atoms with E-state index in [1.807, 2.05) is 6.07 Å². The zero-order valence-electron chi connectivity index (χ0n) is 10.1. The molecule has 1 aromatic carbocycles. The lowest BCUT2D eigenvalue weighted by molar-refractivity contribution is 0.181. The normalized spacial score (nSPS) is 13.3. The highest BCUT2D eigenvalue weighted by Crippen LogP contribution is 2.26. The van der Waals surface area contributed by atoms with Crippen molar-refractivity contribution in [3.8, 4) is 0 Å². The fourth-order valence-corrected chi connectivity index (χ4v) is 4.67. The number of halogens is 2. The maximum atomic E-state index is 12.0. The van der Waals surface area contributed by atoms with Crippen LogP contribution in [0.1, 0.15) is 11.7 Å². The molecule has 4 nitrogen and oxygen atoms in total. The Morgan fingerprint density at radius 2 is 2.00 bits per heavy atom. The van der Waals surface area contributed by atoms with E-state index in [1.54, 1.807) is 18.2 Å². The van der Waals surface area contributed by atoms with E-state index in [-0.39, 0.29) is 10.8 Å². The van der Waals surface area contributed by atoms with E-state index in [0.717, 1.165) is 15.8 Å². The lowest BCUT2D eigenvalue weighted by atomic mass is 10.1. The van der Waals surface area contributed by atoms with Gasteiger partial charge in [-0.1, -0.05) is 45.7 Å². The molecule has 0 amide bonds. The molecular weight excluding hydrogens is 386 g/mol. The Morgan fingerprint density at radius 3 is 2.60 bits per heavy atom. The molecule has 1 unspecified atom stereocenters. The molecule has 0 fully saturated rings. The number of aliphatic hydroxyl groups is 1. The molecule has 0 saturated heterocycles. The predicted molar refractivity (Wildman–Crippen MR) is 83.6 cm³/mol. The van der Waals surface area contributed by atoms with Crippen LogP contribution >= 0.6 is 38.9 Å². The van der Waals surface area contributed by atoms with Gasteiger partial charge in [0.1, 0.15) is 4.21 Å². The largest absolute Gasteiger partial charge is 0.387 e. The topological polar surface area (TPSA) is 66.4 Å². The third-order valence-corrected chi connectivity index (χ3v) is 6.41. The lowest BCUT2D eigenvalue weighted by Crippen LogP contribution is -2.28. The van der Waals surface area contributed by atoms with E-state index in [0.29, 0.717) is 9.90 Å². The van der Waals surface area contributed by atoms with Crippen molar-refractivity contribution in [1.82, 2.24) is 4.72 Å². The van der Waals surface area contributed by atoms with E-state index in [1.165, 1.54) is 12.1 Å². The quantitative estimate of drug-likeness (QED) is 0.816. The summed E-state index contributed by atoms with van der Waals surface area (Å²) in [7, 11) is -3.65. The molecule has 0 aliphatic rings. The maximum absolute atomic E-state index is 12.0. The Kier molecular flexibility index (Phi) is 5.22. The van der Waals surface area contributed by atoms with Gasteiger partial charge in [0.05, 0.1) is 10.4 Å². The molecule has 1 aromatic heterocycles. The smallest absolute Gasteiger partial charge is 0.250 e. The summed E-state index contributed by atoms with van der Waals surface area (Å²) in [5.74, 6) is 0. The Hall–Kier alpha value is -0.440. The van der Waals surface area contributed by atoms with Crippen molar-refractivity contribution in [2.75, 3.05) is 6.54 Å². The summed E-state index contributed by atoms with van der Waals surface area (Å²) in [5.41, 5.74) is 0.624. The number of hydrogen-bond acceptors (Lipinski definition) is 4. The molecule has 2 N–H and O–H groups in total. The van der Waals surface area contributed by atoms with Gasteiger partial charge in [0.25, 0.3) is 0 Å². The molecule has 0 bridgehead atoms. The summed E-state index contributed by atoms with van der Waals surface area (Å²) in [5, 5.41) is 10.0. The fourth-order valence-electron chi connectivity index (χ4n) is 1.56. The van der Waals surface area contributed by atoms with Crippen molar-refractivity contribution >= 4 is 48.9 Å². The number of hydrogen-bond donors (Lipinski definition) is 2. The number of thiophene rings is 1. The summed E-state index contributed by atoms with van der Waals surface area (Å²) in [4.78, 5) is 0. The molecule has 108 valence electrons. The molecule has 2 aromatic rings. The van der Waals surface area contributed by atoms with Crippen LogP contribution in [0.3, 0.4) is 0 Å². The molecule has 8 heteroatoms.